The zero-order valence-corrected chi connectivity index (χ0v) is 12.3. The third-order valence-corrected chi connectivity index (χ3v) is 6.06. The standard InChI is InChI=1S/C12H16ClN3OS/c1-11(4-5-11)9(17)16(3)10-15-14-8(18-10)12(2)6-7(12)13/h7H,4-6H2,1-3H3. The summed E-state index contributed by atoms with van der Waals surface area (Å²) in [5, 5.41) is 10.1. The minimum absolute atomic E-state index is 0.0369. The van der Waals surface area contributed by atoms with E-state index in [-0.39, 0.29) is 22.1 Å². The Bertz CT molecular complexity index is 513. The molecular weight excluding hydrogens is 270 g/mol. The SMILES string of the molecule is CN(C(=O)C1(C)CC1)c1nnc(C2(C)CC2Cl)s1. The van der Waals surface area contributed by atoms with Crippen molar-refractivity contribution >= 4 is 34.0 Å². The number of rotatable bonds is 3. The predicted octanol–water partition coefficient (Wildman–Crippen LogP) is 2.57. The third-order valence-electron chi connectivity index (χ3n) is 4.15. The first-order valence-corrected chi connectivity index (χ1v) is 7.38. The monoisotopic (exact) mass is 285 g/mol. The average molecular weight is 286 g/mol. The summed E-state index contributed by atoms with van der Waals surface area (Å²) in [6, 6.07) is 0. The van der Waals surface area contributed by atoms with Crippen molar-refractivity contribution in [1.82, 2.24) is 10.2 Å². The van der Waals surface area contributed by atoms with Crippen LogP contribution in [0.3, 0.4) is 0 Å². The fourth-order valence-electron chi connectivity index (χ4n) is 2.01. The molecule has 0 spiro atoms. The lowest BCUT2D eigenvalue weighted by molar-refractivity contribution is -0.122. The van der Waals surface area contributed by atoms with E-state index in [1.54, 1.807) is 11.9 Å². The fourth-order valence-corrected chi connectivity index (χ4v) is 3.51. The van der Waals surface area contributed by atoms with Crippen LogP contribution in [0.4, 0.5) is 5.13 Å². The quantitative estimate of drug-likeness (QED) is 0.802. The minimum atomic E-state index is -0.168. The van der Waals surface area contributed by atoms with Crippen LogP contribution >= 0.6 is 22.9 Å². The number of nitrogens with zero attached hydrogens (tertiary/aromatic N) is 3. The molecule has 2 atom stereocenters. The highest BCUT2D eigenvalue weighted by Crippen LogP contribution is 2.53. The molecule has 18 heavy (non-hydrogen) atoms. The van der Waals surface area contributed by atoms with E-state index in [9.17, 15) is 4.79 Å². The van der Waals surface area contributed by atoms with Crippen LogP contribution in [-0.2, 0) is 10.2 Å². The summed E-state index contributed by atoms with van der Waals surface area (Å²) in [4.78, 5) is 13.8. The van der Waals surface area contributed by atoms with E-state index in [0.717, 1.165) is 24.3 Å². The smallest absolute Gasteiger partial charge is 0.234 e. The average Bonchev–Trinajstić information content (AvgIpc) is 3.12. The van der Waals surface area contributed by atoms with Gasteiger partial charge in [-0.3, -0.25) is 9.69 Å². The molecule has 0 radical (unpaired) electrons. The number of halogens is 1. The molecule has 2 fully saturated rings. The summed E-state index contributed by atoms with van der Waals surface area (Å²) in [5.41, 5.74) is -0.204. The lowest BCUT2D eigenvalue weighted by Crippen LogP contribution is -2.32. The van der Waals surface area contributed by atoms with Gasteiger partial charge in [-0.1, -0.05) is 25.2 Å². The molecule has 6 heteroatoms. The highest BCUT2D eigenvalue weighted by atomic mass is 35.5. The molecule has 0 saturated heterocycles. The van der Waals surface area contributed by atoms with Crippen LogP contribution in [0.2, 0.25) is 0 Å². The van der Waals surface area contributed by atoms with Gasteiger partial charge in [-0.2, -0.15) is 0 Å². The van der Waals surface area contributed by atoms with E-state index in [1.165, 1.54) is 11.3 Å². The Balaban J connectivity index is 1.79. The van der Waals surface area contributed by atoms with E-state index in [4.69, 9.17) is 11.6 Å². The van der Waals surface area contributed by atoms with Crippen molar-refractivity contribution in [2.75, 3.05) is 11.9 Å². The minimum Gasteiger partial charge on any atom is -0.289 e. The summed E-state index contributed by atoms with van der Waals surface area (Å²) in [5.74, 6) is 0.147. The fraction of sp³-hybridized carbons (Fsp3) is 0.750. The summed E-state index contributed by atoms with van der Waals surface area (Å²) < 4.78 is 0. The zero-order valence-electron chi connectivity index (χ0n) is 10.7. The molecule has 1 amide bonds. The molecule has 0 bridgehead atoms. The lowest BCUT2D eigenvalue weighted by atomic mass is 10.1. The first-order chi connectivity index (χ1) is 8.37. The second-order valence-electron chi connectivity index (χ2n) is 5.90. The summed E-state index contributed by atoms with van der Waals surface area (Å²) >= 11 is 7.60. The van der Waals surface area contributed by atoms with Gasteiger partial charge < -0.3 is 0 Å². The molecule has 4 nitrogen and oxygen atoms in total. The van der Waals surface area contributed by atoms with Gasteiger partial charge in [0, 0.05) is 23.3 Å². The Kier molecular flexibility index (Phi) is 2.52. The second-order valence-corrected chi connectivity index (χ2v) is 7.39. The molecule has 0 aliphatic heterocycles. The second kappa shape index (κ2) is 3.67. The number of carbonyl (C=O) groups excluding carboxylic acids is 1. The van der Waals surface area contributed by atoms with Crippen molar-refractivity contribution in [1.29, 1.82) is 0 Å². The van der Waals surface area contributed by atoms with E-state index in [1.807, 2.05) is 6.92 Å². The number of hydrogen-bond acceptors (Lipinski definition) is 4. The normalized spacial score (nSPS) is 32.1. The molecule has 2 aliphatic carbocycles. The lowest BCUT2D eigenvalue weighted by Gasteiger charge is -2.17. The molecule has 1 aromatic rings. The number of anilines is 1. The van der Waals surface area contributed by atoms with Gasteiger partial charge >= 0.3 is 0 Å². The van der Waals surface area contributed by atoms with Crippen LogP contribution in [0, 0.1) is 5.41 Å². The zero-order chi connectivity index (χ0) is 13.1. The Hall–Kier alpha value is -0.680. The molecule has 1 aromatic heterocycles. The maximum atomic E-state index is 12.2. The molecule has 3 rings (SSSR count). The van der Waals surface area contributed by atoms with Crippen molar-refractivity contribution in [2.24, 2.45) is 5.41 Å². The van der Waals surface area contributed by atoms with Gasteiger partial charge in [0.1, 0.15) is 5.01 Å². The first kappa shape index (κ1) is 12.4. The van der Waals surface area contributed by atoms with Gasteiger partial charge in [-0.05, 0) is 19.3 Å². The highest BCUT2D eigenvalue weighted by molar-refractivity contribution is 7.15. The predicted molar refractivity (Wildman–Crippen MR) is 72.3 cm³/mol. The molecule has 2 unspecified atom stereocenters. The van der Waals surface area contributed by atoms with Gasteiger partial charge in [0.05, 0.1) is 0 Å². The van der Waals surface area contributed by atoms with Crippen LogP contribution < -0.4 is 4.90 Å². The molecular formula is C12H16ClN3OS. The molecule has 0 aromatic carbocycles. The number of amides is 1. The molecule has 1 heterocycles. The van der Waals surface area contributed by atoms with Crippen LogP contribution in [0.15, 0.2) is 0 Å². The largest absolute Gasteiger partial charge is 0.289 e. The van der Waals surface area contributed by atoms with Gasteiger partial charge in [0.25, 0.3) is 0 Å². The van der Waals surface area contributed by atoms with E-state index in [2.05, 4.69) is 17.1 Å². The molecule has 98 valence electrons. The Morgan fingerprint density at radius 1 is 1.44 bits per heavy atom. The van der Waals surface area contributed by atoms with E-state index in [0.29, 0.717) is 5.13 Å². The van der Waals surface area contributed by atoms with E-state index < -0.39 is 0 Å². The summed E-state index contributed by atoms with van der Waals surface area (Å²) in [6.45, 7) is 4.10. The highest BCUT2D eigenvalue weighted by Gasteiger charge is 2.53. The van der Waals surface area contributed by atoms with Gasteiger partial charge in [-0.25, -0.2) is 0 Å². The molecule has 2 saturated carbocycles. The first-order valence-electron chi connectivity index (χ1n) is 6.13. The topological polar surface area (TPSA) is 46.1 Å². The van der Waals surface area contributed by atoms with Gasteiger partial charge in [-0.15, -0.1) is 21.8 Å². The van der Waals surface area contributed by atoms with Crippen LogP contribution in [-0.4, -0.2) is 28.5 Å². The Morgan fingerprint density at radius 3 is 2.56 bits per heavy atom. The Labute approximate surface area is 115 Å². The van der Waals surface area contributed by atoms with Crippen molar-refractivity contribution in [3.63, 3.8) is 0 Å². The Morgan fingerprint density at radius 2 is 2.06 bits per heavy atom. The maximum absolute atomic E-state index is 12.2. The van der Waals surface area contributed by atoms with Crippen LogP contribution in [0.5, 0.6) is 0 Å². The third kappa shape index (κ3) is 1.75. The van der Waals surface area contributed by atoms with Crippen LogP contribution in [0.1, 0.15) is 38.1 Å². The van der Waals surface area contributed by atoms with Crippen molar-refractivity contribution in [2.45, 2.75) is 43.9 Å². The number of carbonyl (C=O) groups is 1. The summed E-state index contributed by atoms with van der Waals surface area (Å²) in [6.07, 6.45) is 2.89. The van der Waals surface area contributed by atoms with Gasteiger partial charge in [0.2, 0.25) is 11.0 Å². The summed E-state index contributed by atoms with van der Waals surface area (Å²) in [7, 11) is 1.78. The number of aromatic nitrogens is 2. The van der Waals surface area contributed by atoms with Crippen LogP contribution in [0.25, 0.3) is 0 Å². The molecule has 2 aliphatic rings. The van der Waals surface area contributed by atoms with Gasteiger partial charge in [0.15, 0.2) is 0 Å². The van der Waals surface area contributed by atoms with Crippen molar-refractivity contribution in [3.8, 4) is 0 Å². The molecule has 0 N–H and O–H groups in total. The van der Waals surface area contributed by atoms with E-state index >= 15 is 0 Å². The van der Waals surface area contributed by atoms with Crippen molar-refractivity contribution in [3.05, 3.63) is 5.01 Å². The number of alkyl halides is 1. The number of hydrogen-bond donors (Lipinski definition) is 0. The maximum Gasteiger partial charge on any atom is 0.234 e. The van der Waals surface area contributed by atoms with Crippen molar-refractivity contribution < 1.29 is 4.79 Å².